The average Bonchev–Trinajstić information content (AvgIpc) is 2.91. The van der Waals surface area contributed by atoms with Gasteiger partial charge in [-0.25, -0.2) is 9.59 Å². The van der Waals surface area contributed by atoms with Crippen LogP contribution in [0.3, 0.4) is 0 Å². The number of esters is 2. The highest BCUT2D eigenvalue weighted by Crippen LogP contribution is 2.42. The van der Waals surface area contributed by atoms with Crippen LogP contribution in [0.5, 0.6) is 5.75 Å². The lowest BCUT2D eigenvalue weighted by Gasteiger charge is -2.30. The number of ether oxygens (including phenoxy) is 3. The number of nitrogens with one attached hydrogen (secondary N) is 1. The second-order valence-corrected chi connectivity index (χ2v) is 9.53. The molecule has 2 aromatic rings. The van der Waals surface area contributed by atoms with Crippen molar-refractivity contribution in [2.75, 3.05) is 41.0 Å². The van der Waals surface area contributed by atoms with E-state index in [2.05, 4.69) is 5.32 Å². The van der Waals surface area contributed by atoms with Gasteiger partial charge in [0.1, 0.15) is 12.4 Å². The van der Waals surface area contributed by atoms with Crippen LogP contribution in [0.15, 0.2) is 65.0 Å². The van der Waals surface area contributed by atoms with Gasteiger partial charge >= 0.3 is 11.9 Å². The van der Waals surface area contributed by atoms with Crippen LogP contribution in [-0.4, -0.2) is 62.7 Å². The Morgan fingerprint density at radius 2 is 1.67 bits per heavy atom. The molecule has 0 aromatic heterocycles. The molecule has 1 aliphatic heterocycles. The number of non-ortho nitro benzene ring substituents is 1. The van der Waals surface area contributed by atoms with Crippen LogP contribution in [0.25, 0.3) is 0 Å². The van der Waals surface area contributed by atoms with Gasteiger partial charge in [0.05, 0.1) is 36.2 Å². The van der Waals surface area contributed by atoms with Gasteiger partial charge in [-0.3, -0.25) is 10.1 Å². The fourth-order valence-electron chi connectivity index (χ4n) is 4.42. The number of halogens is 1. The first-order valence-corrected chi connectivity index (χ1v) is 12.6. The highest BCUT2D eigenvalue weighted by Gasteiger charge is 2.39. The molecular formula is C28H32ClN3O7. The molecule has 0 spiro atoms. The SMILES string of the molecule is COC(=O)C1=C(C)NC(C)=C(C(=O)OCCN(C)CCc2ccc(OC)cc2)C1c1cc([N+](=O)[O-])ccc1Cl. The predicted molar refractivity (Wildman–Crippen MR) is 147 cm³/mol. The Hall–Kier alpha value is -3.89. The molecule has 1 heterocycles. The van der Waals surface area contributed by atoms with Gasteiger partial charge in [-0.15, -0.1) is 0 Å². The molecule has 0 saturated carbocycles. The fraction of sp³-hybridized carbons (Fsp3) is 0.357. The number of nitro benzene ring substituents is 1. The Kier molecular flexibility index (Phi) is 10.1. The first-order valence-electron chi connectivity index (χ1n) is 12.3. The van der Waals surface area contributed by atoms with Crippen LogP contribution in [0.4, 0.5) is 5.69 Å². The maximum absolute atomic E-state index is 13.4. The summed E-state index contributed by atoms with van der Waals surface area (Å²) in [6.45, 7) is 4.65. The van der Waals surface area contributed by atoms with Crippen molar-refractivity contribution in [1.29, 1.82) is 0 Å². The molecular weight excluding hydrogens is 526 g/mol. The maximum atomic E-state index is 13.4. The Balaban J connectivity index is 1.78. The van der Waals surface area contributed by atoms with Gasteiger partial charge in [0.2, 0.25) is 0 Å². The zero-order valence-corrected chi connectivity index (χ0v) is 23.3. The third-order valence-corrected chi connectivity index (χ3v) is 6.88. The van der Waals surface area contributed by atoms with Crippen molar-refractivity contribution in [1.82, 2.24) is 10.2 Å². The number of carbonyl (C=O) groups excluding carboxylic acids is 2. The first kappa shape index (κ1) is 29.7. The maximum Gasteiger partial charge on any atom is 0.336 e. The third kappa shape index (κ3) is 7.15. The molecule has 0 aliphatic carbocycles. The van der Waals surface area contributed by atoms with Gasteiger partial charge in [-0.1, -0.05) is 23.7 Å². The second-order valence-electron chi connectivity index (χ2n) is 9.13. The van der Waals surface area contributed by atoms with Crippen molar-refractivity contribution in [3.63, 3.8) is 0 Å². The lowest BCUT2D eigenvalue weighted by molar-refractivity contribution is -0.384. The Morgan fingerprint density at radius 1 is 1.03 bits per heavy atom. The molecule has 0 saturated heterocycles. The van der Waals surface area contributed by atoms with Gasteiger partial charge in [0.15, 0.2) is 0 Å². The van der Waals surface area contributed by atoms with Crippen molar-refractivity contribution in [3.05, 3.63) is 91.3 Å². The minimum atomic E-state index is -1.02. The summed E-state index contributed by atoms with van der Waals surface area (Å²) in [5.41, 5.74) is 2.31. The summed E-state index contributed by atoms with van der Waals surface area (Å²) in [5.74, 6) is -1.58. The number of benzene rings is 2. The molecule has 0 amide bonds. The van der Waals surface area contributed by atoms with Gasteiger partial charge in [0.25, 0.3) is 5.69 Å². The molecule has 10 nitrogen and oxygen atoms in total. The number of likely N-dealkylation sites (N-methyl/N-ethyl adjacent to an activating group) is 1. The summed E-state index contributed by atoms with van der Waals surface area (Å²) in [4.78, 5) is 39.2. The summed E-state index contributed by atoms with van der Waals surface area (Å²) < 4.78 is 15.8. The summed E-state index contributed by atoms with van der Waals surface area (Å²) in [6.07, 6.45) is 0.808. The van der Waals surface area contributed by atoms with E-state index in [9.17, 15) is 19.7 Å². The molecule has 1 unspecified atom stereocenters. The minimum absolute atomic E-state index is 0.0976. The van der Waals surface area contributed by atoms with Crippen molar-refractivity contribution in [2.24, 2.45) is 0 Å². The summed E-state index contributed by atoms with van der Waals surface area (Å²) >= 11 is 6.45. The monoisotopic (exact) mass is 557 g/mol. The normalized spacial score (nSPS) is 15.2. The quantitative estimate of drug-likeness (QED) is 0.244. The van der Waals surface area contributed by atoms with E-state index in [1.165, 1.54) is 25.3 Å². The van der Waals surface area contributed by atoms with Crippen molar-refractivity contribution < 1.29 is 28.7 Å². The smallest absolute Gasteiger partial charge is 0.336 e. The zero-order chi connectivity index (χ0) is 28.7. The highest BCUT2D eigenvalue weighted by molar-refractivity contribution is 6.31. The van der Waals surface area contributed by atoms with Gasteiger partial charge < -0.3 is 24.4 Å². The predicted octanol–water partition coefficient (Wildman–Crippen LogP) is 4.38. The average molecular weight is 558 g/mol. The lowest BCUT2D eigenvalue weighted by Crippen LogP contribution is -2.33. The number of nitrogens with zero attached hydrogens (tertiary/aromatic N) is 2. The van der Waals surface area contributed by atoms with Gasteiger partial charge in [-0.2, -0.15) is 0 Å². The fourth-order valence-corrected chi connectivity index (χ4v) is 4.64. The molecule has 1 N–H and O–H groups in total. The minimum Gasteiger partial charge on any atom is -0.497 e. The largest absolute Gasteiger partial charge is 0.497 e. The highest BCUT2D eigenvalue weighted by atomic mass is 35.5. The van der Waals surface area contributed by atoms with Crippen LogP contribution in [-0.2, 0) is 25.5 Å². The van der Waals surface area contributed by atoms with Gasteiger partial charge in [-0.05, 0) is 56.6 Å². The molecule has 0 radical (unpaired) electrons. The molecule has 208 valence electrons. The summed E-state index contributed by atoms with van der Waals surface area (Å²) in [7, 11) is 4.77. The van der Waals surface area contributed by atoms with E-state index in [-0.39, 0.29) is 34.0 Å². The molecule has 11 heteroatoms. The van der Waals surface area contributed by atoms with Crippen LogP contribution in [0.1, 0.15) is 30.9 Å². The standard InChI is InChI=1S/C28H32ClN3O7/c1-17-24(27(33)38-5)26(22-16-20(32(35)36)8-11-23(22)29)25(18(2)30-17)28(34)39-15-14-31(3)13-12-19-6-9-21(37-4)10-7-19/h6-11,16,26,30H,12-15H2,1-5H3. The Bertz CT molecular complexity index is 1300. The third-order valence-electron chi connectivity index (χ3n) is 6.53. The summed E-state index contributed by atoms with van der Waals surface area (Å²) in [6, 6.07) is 11.7. The van der Waals surface area contributed by atoms with E-state index in [4.69, 9.17) is 25.8 Å². The molecule has 1 aliphatic rings. The molecule has 0 bridgehead atoms. The molecule has 39 heavy (non-hydrogen) atoms. The van der Waals surface area contributed by atoms with Crippen LogP contribution in [0, 0.1) is 10.1 Å². The Labute approximate surface area is 232 Å². The number of hydrogen-bond acceptors (Lipinski definition) is 9. The Morgan fingerprint density at radius 3 is 2.26 bits per heavy atom. The van der Waals surface area contributed by atoms with Crippen LogP contribution < -0.4 is 10.1 Å². The summed E-state index contributed by atoms with van der Waals surface area (Å²) in [5, 5.41) is 14.7. The van der Waals surface area contributed by atoms with Gasteiger partial charge in [0, 0.05) is 41.6 Å². The number of rotatable bonds is 11. The van der Waals surface area contributed by atoms with E-state index in [0.29, 0.717) is 17.9 Å². The zero-order valence-electron chi connectivity index (χ0n) is 22.6. The van der Waals surface area contributed by atoms with E-state index in [0.717, 1.165) is 24.3 Å². The van der Waals surface area contributed by atoms with Crippen LogP contribution in [0.2, 0.25) is 5.02 Å². The number of methoxy groups -OCH3 is 2. The number of hydrogen-bond donors (Lipinski definition) is 1. The topological polar surface area (TPSA) is 120 Å². The molecule has 3 rings (SSSR count). The number of allylic oxidation sites excluding steroid dienone is 2. The number of nitro groups is 1. The number of carbonyl (C=O) groups is 2. The molecule has 2 aromatic carbocycles. The van der Waals surface area contributed by atoms with E-state index in [1.807, 2.05) is 36.2 Å². The first-order chi connectivity index (χ1) is 18.6. The van der Waals surface area contributed by atoms with E-state index < -0.39 is 22.8 Å². The van der Waals surface area contributed by atoms with E-state index >= 15 is 0 Å². The van der Waals surface area contributed by atoms with E-state index in [1.54, 1.807) is 21.0 Å². The molecule has 0 fully saturated rings. The van der Waals surface area contributed by atoms with Crippen molar-refractivity contribution in [3.8, 4) is 5.75 Å². The van der Waals surface area contributed by atoms with Crippen molar-refractivity contribution >= 4 is 29.2 Å². The second kappa shape index (κ2) is 13.3. The van der Waals surface area contributed by atoms with Crippen LogP contribution >= 0.6 is 11.6 Å². The number of dihydropyridines is 1. The van der Waals surface area contributed by atoms with Crippen molar-refractivity contribution in [2.45, 2.75) is 26.2 Å². The lowest BCUT2D eigenvalue weighted by atomic mass is 9.80. The molecule has 1 atom stereocenters.